The number of rotatable bonds is 8. The van der Waals surface area contributed by atoms with Crippen molar-refractivity contribution in [3.8, 4) is 0 Å². The predicted molar refractivity (Wildman–Crippen MR) is 134 cm³/mol. The second-order valence-corrected chi connectivity index (χ2v) is 9.89. The minimum Gasteiger partial charge on any atom is -0.393 e. The third-order valence-corrected chi connectivity index (χ3v) is 7.03. The van der Waals surface area contributed by atoms with E-state index >= 15 is 0 Å². The lowest BCUT2D eigenvalue weighted by Gasteiger charge is -2.34. The lowest BCUT2D eigenvalue weighted by Crippen LogP contribution is -2.49. The van der Waals surface area contributed by atoms with E-state index in [1.807, 2.05) is 7.05 Å². The van der Waals surface area contributed by atoms with Gasteiger partial charge in [-0.1, -0.05) is 51.0 Å². The maximum Gasteiger partial charge on any atom is 0.191 e. The first-order chi connectivity index (χ1) is 15.5. The average Bonchev–Trinajstić information content (AvgIpc) is 3.08. The van der Waals surface area contributed by atoms with Crippen LogP contribution in [0.1, 0.15) is 63.5 Å². The van der Waals surface area contributed by atoms with Gasteiger partial charge in [0.1, 0.15) is 0 Å². The zero-order chi connectivity index (χ0) is 22.8. The summed E-state index contributed by atoms with van der Waals surface area (Å²) in [6, 6.07) is 9.42. The molecule has 0 amide bonds. The van der Waals surface area contributed by atoms with Gasteiger partial charge in [0.25, 0.3) is 0 Å². The summed E-state index contributed by atoms with van der Waals surface area (Å²) in [5, 5.41) is 16.7. The van der Waals surface area contributed by atoms with Crippen molar-refractivity contribution in [3.63, 3.8) is 0 Å². The monoisotopic (exact) mass is 443 g/mol. The van der Waals surface area contributed by atoms with Crippen molar-refractivity contribution in [3.05, 3.63) is 35.4 Å². The quantitative estimate of drug-likeness (QED) is 0.425. The third kappa shape index (κ3) is 8.05. The molecule has 2 aliphatic heterocycles. The van der Waals surface area contributed by atoms with Crippen LogP contribution >= 0.6 is 0 Å². The number of hydrogen-bond donors (Lipinski definition) is 3. The fourth-order valence-electron chi connectivity index (χ4n) is 4.92. The van der Waals surface area contributed by atoms with E-state index in [1.165, 1.54) is 49.9 Å². The predicted octanol–water partition coefficient (Wildman–Crippen LogP) is 3.21. The zero-order valence-electron chi connectivity index (χ0n) is 20.5. The van der Waals surface area contributed by atoms with Crippen molar-refractivity contribution in [2.45, 2.75) is 77.6 Å². The number of guanidine groups is 1. The van der Waals surface area contributed by atoms with Gasteiger partial charge in [0.05, 0.1) is 6.10 Å². The SMILES string of the molecule is CN=C(NCc1ccc(CN2CCC(O)CC2)cc1)NCC(C(C)C)N1CCCCCC1. The van der Waals surface area contributed by atoms with E-state index in [2.05, 4.69) is 63.5 Å². The Bertz CT molecular complexity index is 674. The number of nitrogens with one attached hydrogen (secondary N) is 2. The average molecular weight is 444 g/mol. The van der Waals surface area contributed by atoms with Crippen molar-refractivity contribution in [1.82, 2.24) is 20.4 Å². The van der Waals surface area contributed by atoms with Gasteiger partial charge in [0.15, 0.2) is 5.96 Å². The van der Waals surface area contributed by atoms with Gasteiger partial charge < -0.3 is 15.7 Å². The van der Waals surface area contributed by atoms with Crippen LogP contribution in [-0.4, -0.2) is 72.8 Å². The summed E-state index contributed by atoms with van der Waals surface area (Å²) in [6.45, 7) is 11.8. The van der Waals surface area contributed by atoms with Crippen LogP contribution in [-0.2, 0) is 13.1 Å². The number of aliphatic hydroxyl groups excluding tert-OH is 1. The molecule has 6 heteroatoms. The molecule has 2 fully saturated rings. The summed E-state index contributed by atoms with van der Waals surface area (Å²) < 4.78 is 0. The normalized spacial score (nSPS) is 20.8. The Morgan fingerprint density at radius 3 is 2.19 bits per heavy atom. The molecule has 0 aliphatic carbocycles. The first-order valence-electron chi connectivity index (χ1n) is 12.7. The summed E-state index contributed by atoms with van der Waals surface area (Å²) in [5.41, 5.74) is 2.60. The van der Waals surface area contributed by atoms with E-state index < -0.39 is 0 Å². The summed E-state index contributed by atoms with van der Waals surface area (Å²) in [7, 11) is 1.85. The smallest absolute Gasteiger partial charge is 0.191 e. The van der Waals surface area contributed by atoms with Crippen LogP contribution < -0.4 is 10.6 Å². The van der Waals surface area contributed by atoms with Gasteiger partial charge in [-0.3, -0.25) is 14.8 Å². The van der Waals surface area contributed by atoms with E-state index in [0.29, 0.717) is 12.0 Å². The highest BCUT2D eigenvalue weighted by Gasteiger charge is 2.23. The van der Waals surface area contributed by atoms with Crippen molar-refractivity contribution in [2.75, 3.05) is 39.8 Å². The number of likely N-dealkylation sites (tertiary alicyclic amines) is 2. The van der Waals surface area contributed by atoms with Crippen molar-refractivity contribution < 1.29 is 5.11 Å². The molecule has 0 aromatic heterocycles. The first-order valence-corrected chi connectivity index (χ1v) is 12.7. The number of piperidine rings is 1. The Morgan fingerprint density at radius 1 is 0.969 bits per heavy atom. The zero-order valence-corrected chi connectivity index (χ0v) is 20.5. The Kier molecular flexibility index (Phi) is 10.3. The minimum atomic E-state index is -0.108. The molecule has 0 bridgehead atoms. The number of aliphatic imine (C=N–C) groups is 1. The van der Waals surface area contributed by atoms with Crippen LogP contribution in [0.5, 0.6) is 0 Å². The van der Waals surface area contributed by atoms with Crippen LogP contribution in [0.2, 0.25) is 0 Å². The largest absolute Gasteiger partial charge is 0.393 e. The molecule has 3 rings (SSSR count). The highest BCUT2D eigenvalue weighted by Crippen LogP contribution is 2.17. The molecule has 0 spiro atoms. The van der Waals surface area contributed by atoms with E-state index in [-0.39, 0.29) is 6.10 Å². The number of hydrogen-bond acceptors (Lipinski definition) is 4. The summed E-state index contributed by atoms with van der Waals surface area (Å²) >= 11 is 0. The summed E-state index contributed by atoms with van der Waals surface area (Å²) in [6.07, 6.45) is 7.07. The lowest BCUT2D eigenvalue weighted by molar-refractivity contribution is 0.0792. The molecule has 2 heterocycles. The minimum absolute atomic E-state index is 0.108. The Labute approximate surface area is 195 Å². The fourth-order valence-corrected chi connectivity index (χ4v) is 4.92. The van der Waals surface area contributed by atoms with Crippen LogP contribution in [0.15, 0.2) is 29.3 Å². The van der Waals surface area contributed by atoms with Crippen LogP contribution in [0.25, 0.3) is 0 Å². The van der Waals surface area contributed by atoms with Gasteiger partial charge >= 0.3 is 0 Å². The van der Waals surface area contributed by atoms with Gasteiger partial charge in [-0.05, 0) is 55.8 Å². The lowest BCUT2D eigenvalue weighted by atomic mass is 10.0. The molecule has 1 aromatic carbocycles. The maximum absolute atomic E-state index is 9.68. The highest BCUT2D eigenvalue weighted by atomic mass is 16.3. The van der Waals surface area contributed by atoms with Crippen molar-refractivity contribution in [1.29, 1.82) is 0 Å². The van der Waals surface area contributed by atoms with E-state index in [9.17, 15) is 5.11 Å². The Balaban J connectivity index is 1.44. The molecule has 1 atom stereocenters. The first kappa shape index (κ1) is 25.0. The van der Waals surface area contributed by atoms with Gasteiger partial charge in [-0.2, -0.15) is 0 Å². The second kappa shape index (κ2) is 13.2. The summed E-state index contributed by atoms with van der Waals surface area (Å²) in [5.74, 6) is 1.50. The van der Waals surface area contributed by atoms with E-state index in [4.69, 9.17) is 0 Å². The molecule has 180 valence electrons. The molecule has 2 saturated heterocycles. The van der Waals surface area contributed by atoms with Crippen LogP contribution in [0.3, 0.4) is 0 Å². The number of aliphatic hydroxyl groups is 1. The Morgan fingerprint density at radius 2 is 1.59 bits per heavy atom. The molecule has 0 radical (unpaired) electrons. The van der Waals surface area contributed by atoms with Crippen LogP contribution in [0.4, 0.5) is 0 Å². The van der Waals surface area contributed by atoms with Crippen molar-refractivity contribution in [2.24, 2.45) is 10.9 Å². The molecule has 6 nitrogen and oxygen atoms in total. The standard InChI is InChI=1S/C26H45N5O/c1-21(2)25(31-14-6-4-5-7-15-31)19-29-26(27-3)28-18-22-8-10-23(11-9-22)20-30-16-12-24(32)13-17-30/h8-11,21,24-25,32H,4-7,12-20H2,1-3H3,(H2,27,28,29). The van der Waals surface area contributed by atoms with E-state index in [0.717, 1.165) is 51.5 Å². The van der Waals surface area contributed by atoms with Crippen molar-refractivity contribution >= 4 is 5.96 Å². The van der Waals surface area contributed by atoms with E-state index in [1.54, 1.807) is 0 Å². The summed E-state index contributed by atoms with van der Waals surface area (Å²) in [4.78, 5) is 9.56. The molecule has 0 saturated carbocycles. The molecule has 1 unspecified atom stereocenters. The maximum atomic E-state index is 9.68. The van der Waals surface area contributed by atoms with Gasteiger partial charge in [0.2, 0.25) is 0 Å². The molecule has 2 aliphatic rings. The fraction of sp³-hybridized carbons (Fsp3) is 0.731. The van der Waals surface area contributed by atoms with Gasteiger partial charge in [-0.15, -0.1) is 0 Å². The van der Waals surface area contributed by atoms with Gasteiger partial charge in [0, 0.05) is 45.8 Å². The molecular weight excluding hydrogens is 398 g/mol. The number of benzene rings is 1. The van der Waals surface area contributed by atoms with Gasteiger partial charge in [-0.25, -0.2) is 0 Å². The highest BCUT2D eigenvalue weighted by molar-refractivity contribution is 5.79. The molecule has 32 heavy (non-hydrogen) atoms. The second-order valence-electron chi connectivity index (χ2n) is 9.89. The molecular formula is C26H45N5O. The Hall–Kier alpha value is -1.63. The molecule has 3 N–H and O–H groups in total. The number of nitrogens with zero attached hydrogens (tertiary/aromatic N) is 3. The molecule has 1 aromatic rings. The topological polar surface area (TPSA) is 63.1 Å². The van der Waals surface area contributed by atoms with Crippen LogP contribution in [0, 0.1) is 5.92 Å². The third-order valence-electron chi connectivity index (χ3n) is 7.03.